The van der Waals surface area contributed by atoms with Gasteiger partial charge in [0.1, 0.15) is 11.4 Å². The van der Waals surface area contributed by atoms with Crippen molar-refractivity contribution in [2.45, 2.75) is 60.5 Å². The second-order valence-electron chi connectivity index (χ2n) is 8.97. The van der Waals surface area contributed by atoms with Crippen LogP contribution < -0.4 is 10.6 Å². The average molecular weight is 477 g/mol. The van der Waals surface area contributed by atoms with Crippen molar-refractivity contribution in [1.82, 2.24) is 14.8 Å². The smallest absolute Gasteiger partial charge is 0.342 e. The molecular weight excluding hydrogens is 440 g/mol. The molecular formula is C24H36N4O4S. The molecule has 0 saturated heterocycles. The van der Waals surface area contributed by atoms with Gasteiger partial charge in [-0.25, -0.2) is 4.79 Å². The van der Waals surface area contributed by atoms with Gasteiger partial charge >= 0.3 is 5.97 Å². The Morgan fingerprint density at radius 3 is 2.33 bits per heavy atom. The van der Waals surface area contributed by atoms with Crippen LogP contribution in [0.5, 0.6) is 0 Å². The molecule has 0 atom stereocenters. The van der Waals surface area contributed by atoms with Crippen LogP contribution in [-0.2, 0) is 20.9 Å². The lowest BCUT2D eigenvalue weighted by Gasteiger charge is -2.24. The van der Waals surface area contributed by atoms with Gasteiger partial charge in [0.25, 0.3) is 0 Å². The Morgan fingerprint density at radius 2 is 1.79 bits per heavy atom. The fraction of sp³-hybridized carbons (Fsp3) is 0.542. The monoisotopic (exact) mass is 476 g/mol. The van der Waals surface area contributed by atoms with Gasteiger partial charge in [0.2, 0.25) is 11.8 Å². The molecule has 2 heterocycles. The number of aromatic nitrogens is 1. The van der Waals surface area contributed by atoms with Crippen LogP contribution >= 0.6 is 11.3 Å². The summed E-state index contributed by atoms with van der Waals surface area (Å²) in [6, 6.07) is 3.99. The third kappa shape index (κ3) is 7.43. The van der Waals surface area contributed by atoms with E-state index in [4.69, 9.17) is 4.74 Å². The molecule has 2 amide bonds. The second kappa shape index (κ2) is 11.5. The van der Waals surface area contributed by atoms with Crippen LogP contribution in [0.15, 0.2) is 17.5 Å². The zero-order valence-corrected chi connectivity index (χ0v) is 21.5. The lowest BCUT2D eigenvalue weighted by atomic mass is 10.1. The summed E-state index contributed by atoms with van der Waals surface area (Å²) in [5.74, 6) is -0.472. The van der Waals surface area contributed by atoms with Crippen molar-refractivity contribution in [2.75, 3.05) is 31.6 Å². The highest BCUT2D eigenvalue weighted by molar-refractivity contribution is 7.09. The van der Waals surface area contributed by atoms with E-state index in [-0.39, 0.29) is 37.0 Å². The normalized spacial score (nSPS) is 11.5. The number of amides is 2. The quantitative estimate of drug-likeness (QED) is 0.512. The number of hydrogen-bond acceptors (Lipinski definition) is 6. The van der Waals surface area contributed by atoms with Gasteiger partial charge in [0.15, 0.2) is 0 Å². The summed E-state index contributed by atoms with van der Waals surface area (Å²) in [6.45, 7) is 14.6. The third-order valence-electron chi connectivity index (χ3n) is 5.16. The maximum Gasteiger partial charge on any atom is 0.342 e. The van der Waals surface area contributed by atoms with Gasteiger partial charge in [-0.3, -0.25) is 14.5 Å². The van der Waals surface area contributed by atoms with Crippen molar-refractivity contribution < 1.29 is 19.1 Å². The van der Waals surface area contributed by atoms with Crippen LogP contribution in [-0.4, -0.2) is 59.0 Å². The van der Waals surface area contributed by atoms with Gasteiger partial charge in [-0.2, -0.15) is 0 Å². The summed E-state index contributed by atoms with van der Waals surface area (Å²) in [7, 11) is 0. The molecule has 33 heavy (non-hydrogen) atoms. The molecule has 0 aliphatic carbocycles. The van der Waals surface area contributed by atoms with Crippen LogP contribution in [0.25, 0.3) is 0 Å². The van der Waals surface area contributed by atoms with E-state index in [0.717, 1.165) is 16.1 Å². The maximum absolute atomic E-state index is 13.0. The molecule has 0 aliphatic rings. The Bertz CT molecular complexity index is 974. The van der Waals surface area contributed by atoms with E-state index in [1.54, 1.807) is 23.2 Å². The molecule has 9 heteroatoms. The first kappa shape index (κ1) is 26.6. The highest BCUT2D eigenvalue weighted by atomic mass is 32.1. The zero-order chi connectivity index (χ0) is 24.8. The molecule has 0 fully saturated rings. The van der Waals surface area contributed by atoms with Gasteiger partial charge < -0.3 is 19.9 Å². The molecule has 2 aromatic heterocycles. The Hall–Kier alpha value is -2.65. The van der Waals surface area contributed by atoms with Gasteiger partial charge in [0, 0.05) is 16.1 Å². The molecule has 0 spiro atoms. The predicted octanol–water partition coefficient (Wildman–Crippen LogP) is 3.57. The van der Waals surface area contributed by atoms with Crippen LogP contribution in [0.4, 0.5) is 5.82 Å². The van der Waals surface area contributed by atoms with Crippen LogP contribution in [0.3, 0.4) is 0 Å². The lowest BCUT2D eigenvalue weighted by Crippen LogP contribution is -2.47. The molecule has 0 aromatic carbocycles. The van der Waals surface area contributed by atoms with E-state index in [2.05, 4.69) is 10.6 Å². The number of anilines is 1. The first-order valence-corrected chi connectivity index (χ1v) is 12.1. The molecule has 0 aliphatic heterocycles. The van der Waals surface area contributed by atoms with Gasteiger partial charge in [-0.1, -0.05) is 13.0 Å². The van der Waals surface area contributed by atoms with Crippen molar-refractivity contribution in [3.05, 3.63) is 39.2 Å². The number of carbonyl (C=O) groups is 3. The summed E-state index contributed by atoms with van der Waals surface area (Å²) in [5, 5.41) is 7.84. The third-order valence-corrected chi connectivity index (χ3v) is 6.02. The van der Waals surface area contributed by atoms with E-state index in [1.165, 1.54) is 0 Å². The topological polar surface area (TPSA) is 92.7 Å². The number of nitrogens with one attached hydrogen (secondary N) is 2. The van der Waals surface area contributed by atoms with Crippen molar-refractivity contribution in [3.63, 3.8) is 0 Å². The molecule has 2 rings (SSSR count). The lowest BCUT2D eigenvalue weighted by molar-refractivity contribution is -0.124. The number of nitrogens with zero attached hydrogens (tertiary/aromatic N) is 2. The Labute approximate surface area is 200 Å². The fourth-order valence-electron chi connectivity index (χ4n) is 3.52. The first-order valence-electron chi connectivity index (χ1n) is 11.2. The largest absolute Gasteiger partial charge is 0.462 e. The average Bonchev–Trinajstić information content (AvgIpc) is 3.29. The van der Waals surface area contributed by atoms with Gasteiger partial charge in [-0.15, -0.1) is 11.3 Å². The van der Waals surface area contributed by atoms with Crippen molar-refractivity contribution in [1.29, 1.82) is 0 Å². The van der Waals surface area contributed by atoms with Crippen molar-refractivity contribution >= 4 is 34.9 Å². The number of thiophene rings is 1. The molecule has 0 unspecified atom stereocenters. The second-order valence-corrected chi connectivity index (χ2v) is 10.0. The minimum Gasteiger partial charge on any atom is -0.462 e. The number of esters is 1. The standard InChI is InChI=1S/C24H36N4O4S/c1-8-27(15-20(30)26-24(5,6)7)14-19(29)25-22-21(23(31)32-9-2)16(3)17(4)28(22)13-18-11-10-12-33-18/h10-12H,8-9,13-15H2,1-7H3,(H,25,29)(H,26,30). The molecule has 182 valence electrons. The molecule has 0 saturated carbocycles. The van der Waals surface area contributed by atoms with Crippen molar-refractivity contribution in [2.24, 2.45) is 0 Å². The Balaban J connectivity index is 2.27. The minimum absolute atomic E-state index is 0.0264. The zero-order valence-electron chi connectivity index (χ0n) is 20.7. The predicted molar refractivity (Wildman–Crippen MR) is 132 cm³/mol. The fourth-order valence-corrected chi connectivity index (χ4v) is 4.21. The SMILES string of the molecule is CCOC(=O)c1c(C)c(C)n(Cc2cccs2)c1NC(=O)CN(CC)CC(=O)NC(C)(C)C. The molecule has 8 nitrogen and oxygen atoms in total. The number of carbonyl (C=O) groups excluding carboxylic acids is 3. The molecule has 2 N–H and O–H groups in total. The molecule has 2 aromatic rings. The highest BCUT2D eigenvalue weighted by Gasteiger charge is 2.26. The van der Waals surface area contributed by atoms with E-state index in [9.17, 15) is 14.4 Å². The minimum atomic E-state index is -0.463. The van der Waals surface area contributed by atoms with Crippen LogP contribution in [0.1, 0.15) is 61.1 Å². The maximum atomic E-state index is 13.0. The Kier molecular flexibility index (Phi) is 9.25. The summed E-state index contributed by atoms with van der Waals surface area (Å²) < 4.78 is 7.21. The summed E-state index contributed by atoms with van der Waals surface area (Å²) >= 11 is 1.61. The van der Waals surface area contributed by atoms with E-state index < -0.39 is 5.97 Å². The summed E-state index contributed by atoms with van der Waals surface area (Å²) in [5.41, 5.74) is 1.69. The van der Waals surface area contributed by atoms with Crippen LogP contribution in [0, 0.1) is 13.8 Å². The van der Waals surface area contributed by atoms with Crippen LogP contribution in [0.2, 0.25) is 0 Å². The number of hydrogen-bond donors (Lipinski definition) is 2. The van der Waals surface area contributed by atoms with E-state index in [1.807, 2.05) is 63.6 Å². The number of rotatable bonds is 10. The van der Waals surface area contributed by atoms with Gasteiger partial charge in [-0.05, 0) is 65.1 Å². The Morgan fingerprint density at radius 1 is 1.12 bits per heavy atom. The summed E-state index contributed by atoms with van der Waals surface area (Å²) in [6.07, 6.45) is 0. The van der Waals surface area contributed by atoms with E-state index >= 15 is 0 Å². The number of likely N-dealkylation sites (N-methyl/N-ethyl adjacent to an activating group) is 1. The molecule has 0 radical (unpaired) electrons. The van der Waals surface area contributed by atoms with Crippen molar-refractivity contribution in [3.8, 4) is 0 Å². The van der Waals surface area contributed by atoms with Gasteiger partial charge in [0.05, 0.1) is 26.2 Å². The number of ether oxygens (including phenoxy) is 1. The highest BCUT2D eigenvalue weighted by Crippen LogP contribution is 2.29. The first-order chi connectivity index (χ1) is 15.5. The molecule has 0 bridgehead atoms. The van der Waals surface area contributed by atoms with E-state index in [0.29, 0.717) is 24.5 Å². The summed E-state index contributed by atoms with van der Waals surface area (Å²) in [4.78, 5) is 40.9.